The van der Waals surface area contributed by atoms with Crippen molar-refractivity contribution in [3.05, 3.63) is 69.4 Å². The van der Waals surface area contributed by atoms with Gasteiger partial charge in [0.15, 0.2) is 5.15 Å². The molecule has 0 fully saturated rings. The average Bonchev–Trinajstić information content (AvgIpc) is 3.12. The van der Waals surface area contributed by atoms with Gasteiger partial charge in [-0.3, -0.25) is 14.9 Å². The van der Waals surface area contributed by atoms with Crippen molar-refractivity contribution in [2.75, 3.05) is 11.9 Å². The van der Waals surface area contributed by atoms with Crippen LogP contribution >= 0.6 is 34.8 Å². The molecule has 0 bridgehead atoms. The van der Waals surface area contributed by atoms with Gasteiger partial charge in [-0.05, 0) is 42.3 Å². The molecule has 0 saturated heterocycles. The number of rotatable bonds is 8. The van der Waals surface area contributed by atoms with Crippen molar-refractivity contribution in [3.8, 4) is 5.69 Å². The lowest BCUT2D eigenvalue weighted by molar-refractivity contribution is -0.139. The number of benzene rings is 2. The number of halogens is 3. The zero-order valence-electron chi connectivity index (χ0n) is 15.3. The molecule has 30 heavy (non-hydrogen) atoms. The van der Waals surface area contributed by atoms with Crippen molar-refractivity contribution in [2.45, 2.75) is 12.5 Å². The Morgan fingerprint density at radius 2 is 1.77 bits per heavy atom. The maximum atomic E-state index is 12.4. The molecule has 0 spiro atoms. The van der Waals surface area contributed by atoms with Gasteiger partial charge in [-0.15, -0.1) is 5.10 Å². The van der Waals surface area contributed by atoms with E-state index < -0.39 is 17.9 Å². The highest BCUT2D eigenvalue weighted by atomic mass is 35.5. The quantitative estimate of drug-likeness (QED) is 0.467. The predicted molar refractivity (Wildman–Crippen MR) is 115 cm³/mol. The van der Waals surface area contributed by atoms with Crippen LogP contribution in [-0.2, 0) is 16.0 Å². The Kier molecular flexibility index (Phi) is 7.28. The largest absolute Gasteiger partial charge is 0.480 e. The van der Waals surface area contributed by atoms with Crippen LogP contribution in [-0.4, -0.2) is 44.6 Å². The highest BCUT2D eigenvalue weighted by molar-refractivity contribution is 6.31. The number of carbonyl (C=O) groups is 2. The van der Waals surface area contributed by atoms with Gasteiger partial charge in [0.1, 0.15) is 6.04 Å². The normalized spacial score (nSPS) is 11.8. The third-order valence-corrected chi connectivity index (χ3v) is 4.77. The van der Waals surface area contributed by atoms with Crippen molar-refractivity contribution in [1.29, 1.82) is 0 Å². The number of nitrogens with zero attached hydrogens (tertiary/aromatic N) is 3. The molecule has 156 valence electrons. The molecule has 0 radical (unpaired) electrons. The van der Waals surface area contributed by atoms with E-state index in [0.29, 0.717) is 21.4 Å². The summed E-state index contributed by atoms with van der Waals surface area (Å²) < 4.78 is 1.39. The monoisotopic (exact) mass is 467 g/mol. The molecule has 3 N–H and O–H groups in total. The van der Waals surface area contributed by atoms with E-state index in [1.807, 2.05) is 0 Å². The fourth-order valence-corrected chi connectivity index (χ4v) is 3.11. The zero-order valence-corrected chi connectivity index (χ0v) is 17.6. The van der Waals surface area contributed by atoms with E-state index in [2.05, 4.69) is 20.9 Å². The van der Waals surface area contributed by atoms with E-state index in [-0.39, 0.29) is 18.1 Å². The van der Waals surface area contributed by atoms with Gasteiger partial charge < -0.3 is 10.4 Å². The Balaban J connectivity index is 1.66. The second-order valence-electron chi connectivity index (χ2n) is 6.30. The van der Waals surface area contributed by atoms with E-state index in [0.717, 1.165) is 5.56 Å². The van der Waals surface area contributed by atoms with Crippen LogP contribution in [0.1, 0.15) is 5.56 Å². The Morgan fingerprint density at radius 1 is 1.07 bits per heavy atom. The summed E-state index contributed by atoms with van der Waals surface area (Å²) >= 11 is 17.7. The summed E-state index contributed by atoms with van der Waals surface area (Å²) in [5.74, 6) is -1.52. The molecule has 0 aliphatic heterocycles. The summed E-state index contributed by atoms with van der Waals surface area (Å²) in [7, 11) is 0. The van der Waals surface area contributed by atoms with Crippen LogP contribution in [0, 0.1) is 0 Å². The van der Waals surface area contributed by atoms with Crippen molar-refractivity contribution in [1.82, 2.24) is 20.3 Å². The van der Waals surface area contributed by atoms with Gasteiger partial charge in [-0.2, -0.15) is 0 Å². The zero-order chi connectivity index (χ0) is 21.7. The molecule has 1 amide bonds. The van der Waals surface area contributed by atoms with Crippen LogP contribution in [0.4, 0.5) is 5.69 Å². The second kappa shape index (κ2) is 9.90. The van der Waals surface area contributed by atoms with Crippen LogP contribution in [0.2, 0.25) is 15.2 Å². The van der Waals surface area contributed by atoms with E-state index >= 15 is 0 Å². The number of hydrogen-bond acceptors (Lipinski definition) is 5. The van der Waals surface area contributed by atoms with Crippen LogP contribution in [0.3, 0.4) is 0 Å². The molecule has 1 aromatic heterocycles. The molecule has 11 heteroatoms. The Hall–Kier alpha value is -2.65. The molecule has 8 nitrogen and oxygen atoms in total. The molecule has 3 rings (SSSR count). The summed E-state index contributed by atoms with van der Waals surface area (Å²) in [6.07, 6.45) is 1.67. The highest BCUT2D eigenvalue weighted by Gasteiger charge is 2.19. The van der Waals surface area contributed by atoms with Crippen LogP contribution in [0.5, 0.6) is 0 Å². The SMILES string of the molecule is O=C(CNC(Cc1ccc(Cl)cc1)C(=O)O)Nc1cc(Cl)ccc1-n1cc(Cl)nn1. The average molecular weight is 469 g/mol. The van der Waals surface area contributed by atoms with Crippen molar-refractivity contribution in [2.24, 2.45) is 0 Å². The number of aliphatic carboxylic acids is 1. The minimum atomic E-state index is -1.07. The van der Waals surface area contributed by atoms with Crippen LogP contribution < -0.4 is 10.6 Å². The number of carboxylic acid groups (broad SMARTS) is 1. The first-order valence-electron chi connectivity index (χ1n) is 8.70. The van der Waals surface area contributed by atoms with Gasteiger partial charge in [0.05, 0.1) is 24.1 Å². The van der Waals surface area contributed by atoms with Crippen LogP contribution in [0.15, 0.2) is 48.7 Å². The Bertz CT molecular complexity index is 1060. The molecule has 0 aliphatic carbocycles. The van der Waals surface area contributed by atoms with Crippen LogP contribution in [0.25, 0.3) is 5.69 Å². The minimum absolute atomic E-state index is 0.190. The maximum Gasteiger partial charge on any atom is 0.321 e. The third-order valence-electron chi connectivity index (χ3n) is 4.11. The predicted octanol–water partition coefficient (Wildman–Crippen LogP) is 3.45. The number of aromatic nitrogens is 3. The summed E-state index contributed by atoms with van der Waals surface area (Å²) in [4.78, 5) is 24.0. The minimum Gasteiger partial charge on any atom is -0.480 e. The van der Waals surface area contributed by atoms with E-state index in [1.54, 1.807) is 42.5 Å². The molecule has 1 heterocycles. The molecule has 1 atom stereocenters. The highest BCUT2D eigenvalue weighted by Crippen LogP contribution is 2.24. The van der Waals surface area contributed by atoms with Gasteiger partial charge >= 0.3 is 5.97 Å². The molecule has 2 aromatic carbocycles. The second-order valence-corrected chi connectivity index (χ2v) is 7.56. The molecular formula is C19H16Cl3N5O3. The van der Waals surface area contributed by atoms with Crippen molar-refractivity contribution >= 4 is 52.4 Å². The summed E-state index contributed by atoms with van der Waals surface area (Å²) in [5.41, 5.74) is 1.66. The lowest BCUT2D eigenvalue weighted by Crippen LogP contribution is -2.42. The number of anilines is 1. The lowest BCUT2D eigenvalue weighted by Gasteiger charge is -2.16. The molecule has 0 saturated carbocycles. The van der Waals surface area contributed by atoms with Gasteiger partial charge in [0, 0.05) is 10.0 Å². The molecular weight excluding hydrogens is 453 g/mol. The van der Waals surface area contributed by atoms with Gasteiger partial charge in [0.25, 0.3) is 0 Å². The lowest BCUT2D eigenvalue weighted by atomic mass is 10.1. The molecule has 0 aliphatic rings. The summed E-state index contributed by atoms with van der Waals surface area (Å²) in [6.45, 7) is -0.228. The first kappa shape index (κ1) is 22.0. The van der Waals surface area contributed by atoms with Gasteiger partial charge in [-0.1, -0.05) is 52.1 Å². The first-order chi connectivity index (χ1) is 14.3. The maximum absolute atomic E-state index is 12.4. The number of amides is 1. The van der Waals surface area contributed by atoms with E-state index in [9.17, 15) is 14.7 Å². The summed E-state index contributed by atoms with van der Waals surface area (Å²) in [5, 5.41) is 23.6. The van der Waals surface area contributed by atoms with Crippen molar-refractivity contribution in [3.63, 3.8) is 0 Å². The number of nitrogens with one attached hydrogen (secondary N) is 2. The molecule has 3 aromatic rings. The number of carboxylic acids is 1. The van der Waals surface area contributed by atoms with Crippen molar-refractivity contribution < 1.29 is 14.7 Å². The fourth-order valence-electron chi connectivity index (χ4n) is 2.68. The number of hydrogen-bond donors (Lipinski definition) is 3. The first-order valence-corrected chi connectivity index (χ1v) is 9.83. The fraction of sp³-hybridized carbons (Fsp3) is 0.158. The Morgan fingerprint density at radius 3 is 2.40 bits per heavy atom. The topological polar surface area (TPSA) is 109 Å². The summed E-state index contributed by atoms with van der Waals surface area (Å²) in [6, 6.07) is 10.7. The van der Waals surface area contributed by atoms with Gasteiger partial charge in [-0.25, -0.2) is 4.68 Å². The standard InChI is InChI=1S/C19H16Cl3N5O3/c20-12-3-1-11(2-4-12)7-15(19(29)30)23-9-18(28)24-14-8-13(21)5-6-16(14)27-10-17(22)25-26-27/h1-6,8,10,15,23H,7,9H2,(H,24,28)(H,29,30). The molecule has 1 unspecified atom stereocenters. The van der Waals surface area contributed by atoms with E-state index in [4.69, 9.17) is 34.8 Å². The van der Waals surface area contributed by atoms with Gasteiger partial charge in [0.2, 0.25) is 5.91 Å². The Labute approximate surface area is 186 Å². The smallest absolute Gasteiger partial charge is 0.321 e. The number of carbonyl (C=O) groups excluding carboxylic acids is 1. The third kappa shape index (κ3) is 5.93. The van der Waals surface area contributed by atoms with E-state index in [1.165, 1.54) is 10.9 Å².